The monoisotopic (exact) mass is 376 g/mol. The molecule has 0 aromatic heterocycles. The van der Waals surface area contributed by atoms with Gasteiger partial charge in [-0.3, -0.25) is 4.79 Å². The molecule has 1 N–H and O–H groups in total. The number of hydrogen-bond acceptors (Lipinski definition) is 5. The molecule has 0 aliphatic carbocycles. The lowest BCUT2D eigenvalue weighted by Crippen LogP contribution is -2.23. The van der Waals surface area contributed by atoms with Crippen LogP contribution < -0.4 is 5.32 Å². The molecule has 138 valence electrons. The molecule has 0 fully saturated rings. The first kappa shape index (κ1) is 19.6. The number of hydrogen-bond donors (Lipinski definition) is 1. The van der Waals surface area contributed by atoms with E-state index in [0.717, 1.165) is 4.31 Å². The second kappa shape index (κ2) is 7.67. The fraction of sp³-hybridized carbons (Fsp3) is 0.222. The van der Waals surface area contributed by atoms with Gasteiger partial charge < -0.3 is 10.1 Å². The van der Waals surface area contributed by atoms with Gasteiger partial charge in [-0.15, -0.1) is 0 Å². The largest absolute Gasteiger partial charge is 0.465 e. The average molecular weight is 376 g/mol. The topological polar surface area (TPSA) is 92.8 Å². The Labute approximate surface area is 152 Å². The first-order chi connectivity index (χ1) is 12.2. The summed E-state index contributed by atoms with van der Waals surface area (Å²) in [6.07, 6.45) is 0. The van der Waals surface area contributed by atoms with Gasteiger partial charge in [0, 0.05) is 25.3 Å². The summed E-state index contributed by atoms with van der Waals surface area (Å²) >= 11 is 0. The summed E-state index contributed by atoms with van der Waals surface area (Å²) in [6, 6.07) is 10.6. The minimum absolute atomic E-state index is 0.0233. The van der Waals surface area contributed by atoms with Crippen LogP contribution in [-0.4, -0.2) is 45.8 Å². The van der Waals surface area contributed by atoms with Crippen LogP contribution in [0.1, 0.15) is 26.3 Å². The molecule has 0 saturated heterocycles. The van der Waals surface area contributed by atoms with Crippen LogP contribution in [-0.2, 0) is 14.8 Å². The van der Waals surface area contributed by atoms with Gasteiger partial charge in [0.25, 0.3) is 5.91 Å². The Morgan fingerprint density at radius 1 is 1.08 bits per heavy atom. The summed E-state index contributed by atoms with van der Waals surface area (Å²) in [7, 11) is 0.479. The lowest BCUT2D eigenvalue weighted by Gasteiger charge is -2.13. The number of benzene rings is 2. The summed E-state index contributed by atoms with van der Waals surface area (Å²) in [5, 5.41) is 2.70. The summed E-state index contributed by atoms with van der Waals surface area (Å²) in [4.78, 5) is 24.3. The Morgan fingerprint density at radius 3 is 2.35 bits per heavy atom. The highest BCUT2D eigenvalue weighted by Crippen LogP contribution is 2.21. The van der Waals surface area contributed by atoms with E-state index >= 15 is 0 Å². The fourth-order valence-electron chi connectivity index (χ4n) is 2.31. The van der Waals surface area contributed by atoms with Crippen molar-refractivity contribution >= 4 is 27.6 Å². The highest BCUT2D eigenvalue weighted by molar-refractivity contribution is 7.89. The van der Waals surface area contributed by atoms with Crippen molar-refractivity contribution < 1.29 is 22.7 Å². The Morgan fingerprint density at radius 2 is 1.73 bits per heavy atom. The van der Waals surface area contributed by atoms with Crippen molar-refractivity contribution in [1.82, 2.24) is 4.31 Å². The van der Waals surface area contributed by atoms with Gasteiger partial charge in [-0.1, -0.05) is 12.1 Å². The molecule has 0 spiro atoms. The Hall–Kier alpha value is -2.71. The second-order valence-corrected chi connectivity index (χ2v) is 7.89. The highest BCUT2D eigenvalue weighted by atomic mass is 32.2. The Kier molecular flexibility index (Phi) is 5.79. The number of rotatable bonds is 5. The van der Waals surface area contributed by atoms with E-state index in [0.29, 0.717) is 16.8 Å². The van der Waals surface area contributed by atoms with Gasteiger partial charge in [0.2, 0.25) is 10.0 Å². The number of sulfonamides is 1. The molecule has 2 aromatic rings. The van der Waals surface area contributed by atoms with E-state index in [9.17, 15) is 18.0 Å². The maximum absolute atomic E-state index is 12.5. The maximum atomic E-state index is 12.5. The molecule has 0 aliphatic heterocycles. The number of amides is 1. The van der Waals surface area contributed by atoms with Crippen LogP contribution in [0.5, 0.6) is 0 Å². The van der Waals surface area contributed by atoms with Crippen LogP contribution in [0.15, 0.2) is 47.4 Å². The van der Waals surface area contributed by atoms with Gasteiger partial charge in [0.05, 0.1) is 17.6 Å². The molecule has 2 rings (SSSR count). The van der Waals surface area contributed by atoms with Gasteiger partial charge in [-0.2, -0.15) is 0 Å². The van der Waals surface area contributed by atoms with Gasteiger partial charge in [0.1, 0.15) is 0 Å². The summed E-state index contributed by atoms with van der Waals surface area (Å²) < 4.78 is 30.2. The molecule has 0 saturated carbocycles. The third-order valence-corrected chi connectivity index (χ3v) is 5.67. The number of ether oxygens (including phenoxy) is 1. The van der Waals surface area contributed by atoms with Gasteiger partial charge in [-0.25, -0.2) is 17.5 Å². The predicted molar refractivity (Wildman–Crippen MR) is 97.8 cm³/mol. The molecule has 0 atom stereocenters. The van der Waals surface area contributed by atoms with Crippen molar-refractivity contribution in [3.63, 3.8) is 0 Å². The first-order valence-electron chi connectivity index (χ1n) is 7.70. The summed E-state index contributed by atoms with van der Waals surface area (Å²) in [6.45, 7) is 1.69. The second-order valence-electron chi connectivity index (χ2n) is 5.74. The van der Waals surface area contributed by atoms with Crippen LogP contribution in [0, 0.1) is 6.92 Å². The summed E-state index contributed by atoms with van der Waals surface area (Å²) in [5.41, 5.74) is 1.54. The normalized spacial score (nSPS) is 11.3. The quantitative estimate of drug-likeness (QED) is 0.808. The lowest BCUT2D eigenvalue weighted by molar-refractivity contribution is 0.0599. The SMILES string of the molecule is COC(=O)c1cccc(NC(=O)c2cccc(S(=O)(=O)N(C)C)c2)c1C. The number of esters is 1. The molecule has 2 aromatic carbocycles. The minimum Gasteiger partial charge on any atom is -0.465 e. The fourth-order valence-corrected chi connectivity index (χ4v) is 3.25. The number of methoxy groups -OCH3 is 1. The molecule has 0 radical (unpaired) electrons. The molecule has 7 nitrogen and oxygen atoms in total. The minimum atomic E-state index is -3.64. The molecule has 1 amide bonds. The molecule has 0 heterocycles. The van der Waals surface area contributed by atoms with Crippen LogP contribution in [0.25, 0.3) is 0 Å². The van der Waals surface area contributed by atoms with Gasteiger partial charge >= 0.3 is 5.97 Å². The van der Waals surface area contributed by atoms with E-state index in [-0.39, 0.29) is 10.5 Å². The van der Waals surface area contributed by atoms with Crippen molar-refractivity contribution in [3.8, 4) is 0 Å². The van der Waals surface area contributed by atoms with Crippen LogP contribution in [0.4, 0.5) is 5.69 Å². The van der Waals surface area contributed by atoms with Gasteiger partial charge in [0.15, 0.2) is 0 Å². The average Bonchev–Trinajstić information content (AvgIpc) is 2.62. The van der Waals surface area contributed by atoms with E-state index in [1.54, 1.807) is 25.1 Å². The third-order valence-electron chi connectivity index (χ3n) is 3.86. The van der Waals surface area contributed by atoms with E-state index < -0.39 is 21.9 Å². The number of nitrogens with zero attached hydrogens (tertiary/aromatic N) is 1. The smallest absolute Gasteiger partial charge is 0.338 e. The molecule has 8 heteroatoms. The van der Waals surface area contributed by atoms with Crippen LogP contribution in [0.2, 0.25) is 0 Å². The van der Waals surface area contributed by atoms with Crippen molar-refractivity contribution in [2.75, 3.05) is 26.5 Å². The van der Waals surface area contributed by atoms with Crippen molar-refractivity contribution in [1.29, 1.82) is 0 Å². The highest BCUT2D eigenvalue weighted by Gasteiger charge is 2.19. The molecular weight excluding hydrogens is 356 g/mol. The Bertz CT molecular complexity index is 952. The van der Waals surface area contributed by atoms with E-state index in [1.807, 2.05) is 0 Å². The van der Waals surface area contributed by atoms with E-state index in [4.69, 9.17) is 4.74 Å². The number of nitrogens with one attached hydrogen (secondary N) is 1. The van der Waals surface area contributed by atoms with Crippen molar-refractivity contribution in [2.24, 2.45) is 0 Å². The zero-order chi connectivity index (χ0) is 19.5. The van der Waals surface area contributed by atoms with Gasteiger partial charge in [-0.05, 0) is 42.8 Å². The Balaban J connectivity index is 2.34. The first-order valence-corrected chi connectivity index (χ1v) is 9.14. The molecule has 0 aliphatic rings. The van der Waals surface area contributed by atoms with E-state index in [2.05, 4.69) is 5.32 Å². The van der Waals surface area contributed by atoms with E-state index in [1.165, 1.54) is 45.5 Å². The van der Waals surface area contributed by atoms with Crippen molar-refractivity contribution in [2.45, 2.75) is 11.8 Å². The van der Waals surface area contributed by atoms with Crippen molar-refractivity contribution in [3.05, 3.63) is 59.2 Å². The molecule has 0 bridgehead atoms. The predicted octanol–water partition coefficient (Wildman–Crippen LogP) is 2.28. The maximum Gasteiger partial charge on any atom is 0.338 e. The number of carbonyl (C=O) groups excluding carboxylic acids is 2. The van der Waals surface area contributed by atoms with Crippen LogP contribution >= 0.6 is 0 Å². The number of anilines is 1. The molecular formula is C18H20N2O5S. The third kappa shape index (κ3) is 3.92. The summed E-state index contributed by atoms with van der Waals surface area (Å²) in [5.74, 6) is -0.983. The molecule has 0 unspecified atom stereocenters. The molecule has 26 heavy (non-hydrogen) atoms. The lowest BCUT2D eigenvalue weighted by atomic mass is 10.1. The van der Waals surface area contributed by atoms with Crippen LogP contribution in [0.3, 0.4) is 0 Å². The zero-order valence-corrected chi connectivity index (χ0v) is 15.8. The number of carbonyl (C=O) groups is 2. The zero-order valence-electron chi connectivity index (χ0n) is 14.9. The standard InChI is InChI=1S/C18H20N2O5S/c1-12-15(18(22)25-4)9-6-10-16(12)19-17(21)13-7-5-8-14(11-13)26(23,24)20(2)3/h5-11H,1-4H3,(H,19,21).